The first-order valence-electron chi connectivity index (χ1n) is 3.80. The average Bonchev–Trinajstić information content (AvgIpc) is 1.85. The molecule has 0 aromatic carbocycles. The zero-order chi connectivity index (χ0) is 8.27. The van der Waals surface area contributed by atoms with Gasteiger partial charge in [0, 0.05) is 12.8 Å². The molecule has 11 heavy (non-hydrogen) atoms. The fourth-order valence-electron chi connectivity index (χ4n) is 1.16. The van der Waals surface area contributed by atoms with Crippen LogP contribution in [0.15, 0.2) is 18.2 Å². The molecule has 1 heterocycles. The fraction of sp³-hybridized carbons (Fsp3) is 0.300. The van der Waals surface area contributed by atoms with Crippen LogP contribution in [0.4, 0.5) is 0 Å². The minimum atomic E-state index is 0. The van der Waals surface area contributed by atoms with E-state index in [4.69, 9.17) is 0 Å². The lowest BCUT2D eigenvalue weighted by molar-refractivity contribution is 1.12. The van der Waals surface area contributed by atoms with E-state index in [1.165, 1.54) is 5.56 Å². The lowest BCUT2D eigenvalue weighted by Crippen LogP contribution is -1.86. The van der Waals surface area contributed by atoms with Gasteiger partial charge in [-0.05, 0) is 38.5 Å². The molecular weight excluding hydrogens is 134 g/mol. The highest BCUT2D eigenvalue weighted by Crippen LogP contribution is 2.06. The molecule has 1 heteroatoms. The lowest BCUT2D eigenvalue weighted by atomic mass is 10.2. The van der Waals surface area contributed by atoms with E-state index >= 15 is 0 Å². The molecule has 0 aliphatic rings. The second kappa shape index (κ2) is 3.33. The number of pyridine rings is 1. The van der Waals surface area contributed by atoms with Crippen molar-refractivity contribution in [1.29, 1.82) is 0 Å². The van der Waals surface area contributed by atoms with E-state index < -0.39 is 0 Å². The molecule has 0 aliphatic carbocycles. The van der Waals surface area contributed by atoms with Crippen molar-refractivity contribution in [3.63, 3.8) is 0 Å². The van der Waals surface area contributed by atoms with E-state index in [1.54, 1.807) is 0 Å². The molecule has 0 spiro atoms. The van der Waals surface area contributed by atoms with Crippen molar-refractivity contribution in [2.75, 3.05) is 0 Å². The largest absolute Gasteiger partial charge is 0.258 e. The van der Waals surface area contributed by atoms with Gasteiger partial charge in [-0.25, -0.2) is 0 Å². The number of hydrogen-bond acceptors (Lipinski definition) is 1. The highest BCUT2D eigenvalue weighted by molar-refractivity contribution is 5.49. The van der Waals surface area contributed by atoms with Crippen LogP contribution in [0.2, 0.25) is 0 Å². The molecule has 0 saturated heterocycles. The van der Waals surface area contributed by atoms with Crippen LogP contribution in [-0.4, -0.2) is 4.98 Å². The lowest BCUT2D eigenvalue weighted by Gasteiger charge is -1.97. The Morgan fingerprint density at radius 3 is 2.27 bits per heavy atom. The van der Waals surface area contributed by atoms with E-state index in [0.717, 1.165) is 11.4 Å². The Balaban J connectivity index is 0.00000121. The van der Waals surface area contributed by atoms with Crippen molar-refractivity contribution in [3.8, 4) is 0 Å². The number of rotatable bonds is 1. The molecule has 0 N–H and O–H groups in total. The Morgan fingerprint density at radius 2 is 1.82 bits per heavy atom. The molecule has 1 aromatic heterocycles. The van der Waals surface area contributed by atoms with Gasteiger partial charge < -0.3 is 0 Å². The molecule has 1 rings (SSSR count). The van der Waals surface area contributed by atoms with Crippen LogP contribution >= 0.6 is 0 Å². The standard InChI is InChI=1S/C10H13N.H2/c1-4-5-10-6-8(2)11-9(3)7-10;/h4-7H,1-3H3;1H/b5-4+;. The normalized spacial score (nSPS) is 10.8. The third-order valence-electron chi connectivity index (χ3n) is 1.46. The SMILES string of the molecule is C/C=C/c1cc(C)nc(C)c1.[HH]. The second-order valence-corrected chi connectivity index (χ2v) is 2.68. The third-order valence-corrected chi connectivity index (χ3v) is 1.46. The summed E-state index contributed by atoms with van der Waals surface area (Å²) in [6, 6.07) is 4.15. The second-order valence-electron chi connectivity index (χ2n) is 2.68. The topological polar surface area (TPSA) is 12.9 Å². The Hall–Kier alpha value is -1.11. The third kappa shape index (κ3) is 2.19. The van der Waals surface area contributed by atoms with E-state index in [2.05, 4.69) is 23.2 Å². The molecule has 60 valence electrons. The van der Waals surface area contributed by atoms with Gasteiger partial charge in [0.2, 0.25) is 0 Å². The molecule has 1 aromatic rings. The van der Waals surface area contributed by atoms with Crippen molar-refractivity contribution < 1.29 is 1.43 Å². The summed E-state index contributed by atoms with van der Waals surface area (Å²) in [5.74, 6) is 0. The molecule has 0 bridgehead atoms. The van der Waals surface area contributed by atoms with Gasteiger partial charge in [-0.3, -0.25) is 4.98 Å². The van der Waals surface area contributed by atoms with E-state index in [0.29, 0.717) is 0 Å². The minimum absolute atomic E-state index is 0. The van der Waals surface area contributed by atoms with Gasteiger partial charge in [0.1, 0.15) is 0 Å². The summed E-state index contributed by atoms with van der Waals surface area (Å²) in [6.07, 6.45) is 4.12. The summed E-state index contributed by atoms with van der Waals surface area (Å²) in [4.78, 5) is 4.28. The van der Waals surface area contributed by atoms with Crippen molar-refractivity contribution in [3.05, 3.63) is 35.2 Å². The maximum Gasteiger partial charge on any atom is 0.0381 e. The molecule has 0 amide bonds. The first-order chi connectivity index (χ1) is 5.22. The quantitative estimate of drug-likeness (QED) is 0.598. The number of aryl methyl sites for hydroxylation is 2. The van der Waals surface area contributed by atoms with Crippen LogP contribution in [0.5, 0.6) is 0 Å². The maximum absolute atomic E-state index is 4.28. The van der Waals surface area contributed by atoms with Crippen LogP contribution in [0.1, 0.15) is 25.3 Å². The maximum atomic E-state index is 4.28. The van der Waals surface area contributed by atoms with E-state index in [9.17, 15) is 0 Å². The first kappa shape index (κ1) is 7.99. The molecule has 0 atom stereocenters. The van der Waals surface area contributed by atoms with E-state index in [-0.39, 0.29) is 1.43 Å². The Morgan fingerprint density at radius 1 is 1.27 bits per heavy atom. The van der Waals surface area contributed by atoms with Gasteiger partial charge in [0.05, 0.1) is 0 Å². The van der Waals surface area contributed by atoms with Gasteiger partial charge in [-0.15, -0.1) is 0 Å². The van der Waals surface area contributed by atoms with Crippen molar-refractivity contribution in [2.45, 2.75) is 20.8 Å². The summed E-state index contributed by atoms with van der Waals surface area (Å²) in [5, 5.41) is 0. The van der Waals surface area contributed by atoms with Crippen LogP contribution in [0.25, 0.3) is 6.08 Å². The summed E-state index contributed by atoms with van der Waals surface area (Å²) >= 11 is 0. The molecular formula is C10H15N. The van der Waals surface area contributed by atoms with Crippen molar-refractivity contribution in [2.24, 2.45) is 0 Å². The number of nitrogens with zero attached hydrogens (tertiary/aromatic N) is 1. The molecule has 1 nitrogen and oxygen atoms in total. The molecule has 0 aliphatic heterocycles. The van der Waals surface area contributed by atoms with Crippen molar-refractivity contribution in [1.82, 2.24) is 4.98 Å². The van der Waals surface area contributed by atoms with Crippen LogP contribution in [0.3, 0.4) is 0 Å². The Labute approximate surface area is 69.3 Å². The predicted octanol–water partition coefficient (Wildman–Crippen LogP) is 2.98. The van der Waals surface area contributed by atoms with Crippen LogP contribution in [-0.2, 0) is 0 Å². The molecule has 0 fully saturated rings. The fourth-order valence-corrected chi connectivity index (χ4v) is 1.16. The summed E-state index contributed by atoms with van der Waals surface area (Å²) in [5.41, 5.74) is 3.40. The highest BCUT2D eigenvalue weighted by atomic mass is 14.7. The molecule has 0 unspecified atom stereocenters. The zero-order valence-electron chi connectivity index (χ0n) is 7.26. The number of hydrogen-bond donors (Lipinski definition) is 0. The number of aromatic nitrogens is 1. The van der Waals surface area contributed by atoms with Gasteiger partial charge in [0.25, 0.3) is 0 Å². The number of allylic oxidation sites excluding steroid dienone is 1. The van der Waals surface area contributed by atoms with Gasteiger partial charge >= 0.3 is 0 Å². The van der Waals surface area contributed by atoms with Crippen LogP contribution in [0, 0.1) is 13.8 Å². The van der Waals surface area contributed by atoms with Gasteiger partial charge in [-0.1, -0.05) is 12.2 Å². The minimum Gasteiger partial charge on any atom is -0.258 e. The van der Waals surface area contributed by atoms with Gasteiger partial charge in [-0.2, -0.15) is 0 Å². The zero-order valence-corrected chi connectivity index (χ0v) is 7.26. The van der Waals surface area contributed by atoms with Gasteiger partial charge in [0.15, 0.2) is 0 Å². The highest BCUT2D eigenvalue weighted by Gasteiger charge is 1.91. The van der Waals surface area contributed by atoms with Crippen molar-refractivity contribution >= 4 is 6.08 Å². The monoisotopic (exact) mass is 149 g/mol. The van der Waals surface area contributed by atoms with Crippen LogP contribution < -0.4 is 0 Å². The smallest absolute Gasteiger partial charge is 0.0381 e. The molecule has 0 radical (unpaired) electrons. The Bertz CT molecular complexity index is 259. The molecule has 0 saturated carbocycles. The summed E-state index contributed by atoms with van der Waals surface area (Å²) in [7, 11) is 0. The first-order valence-corrected chi connectivity index (χ1v) is 3.80. The van der Waals surface area contributed by atoms with E-state index in [1.807, 2.05) is 26.8 Å². The average molecular weight is 149 g/mol. The Kier molecular flexibility index (Phi) is 2.42. The summed E-state index contributed by atoms with van der Waals surface area (Å²) < 4.78 is 0. The summed E-state index contributed by atoms with van der Waals surface area (Å²) in [6.45, 7) is 6.05. The predicted molar refractivity (Wildman–Crippen MR) is 50.5 cm³/mol.